The first-order valence-corrected chi connectivity index (χ1v) is 9.93. The molecule has 1 heterocycles. The zero-order chi connectivity index (χ0) is 18.7. The van der Waals surface area contributed by atoms with Gasteiger partial charge in [0, 0.05) is 12.2 Å². The molecule has 0 saturated heterocycles. The highest BCUT2D eigenvalue weighted by Gasteiger charge is 2.10. The minimum absolute atomic E-state index is 0.562. The van der Waals surface area contributed by atoms with Gasteiger partial charge in [-0.2, -0.15) is 0 Å². The second-order valence-corrected chi connectivity index (χ2v) is 8.44. The van der Waals surface area contributed by atoms with Gasteiger partial charge in [-0.25, -0.2) is 4.68 Å². The maximum Gasteiger partial charge on any atom is 0.209 e. The lowest BCUT2D eigenvalue weighted by atomic mass is 10.2. The van der Waals surface area contributed by atoms with Crippen molar-refractivity contribution in [1.29, 1.82) is 0 Å². The Morgan fingerprint density at radius 2 is 1.92 bits per heavy atom. The molecule has 3 aromatic rings. The predicted octanol–water partition coefficient (Wildman–Crippen LogP) is 6.12. The molecule has 1 aromatic heterocycles. The lowest BCUT2D eigenvalue weighted by Crippen LogP contribution is -2.22. The molecule has 0 aliphatic rings. The van der Waals surface area contributed by atoms with E-state index < -0.39 is 0 Å². The summed E-state index contributed by atoms with van der Waals surface area (Å²) in [6.45, 7) is 3.28. The van der Waals surface area contributed by atoms with Crippen LogP contribution in [0.3, 0.4) is 0 Å². The van der Waals surface area contributed by atoms with E-state index in [1.165, 1.54) is 16.9 Å². The van der Waals surface area contributed by atoms with Crippen LogP contribution in [-0.2, 0) is 13.2 Å². The van der Waals surface area contributed by atoms with E-state index in [0.717, 1.165) is 16.4 Å². The van der Waals surface area contributed by atoms with E-state index in [1.807, 2.05) is 31.3 Å². The van der Waals surface area contributed by atoms with Gasteiger partial charge in [0.2, 0.25) is 5.13 Å². The maximum absolute atomic E-state index is 6.27. The van der Waals surface area contributed by atoms with Gasteiger partial charge >= 0.3 is 0 Å². The van der Waals surface area contributed by atoms with Gasteiger partial charge in [0.05, 0.1) is 16.7 Å². The van der Waals surface area contributed by atoms with Crippen molar-refractivity contribution in [2.75, 3.05) is 12.4 Å². The molecule has 2 aromatic carbocycles. The first-order valence-electron chi connectivity index (χ1n) is 7.95. The molecule has 0 unspecified atom stereocenters. The van der Waals surface area contributed by atoms with Gasteiger partial charge in [-0.3, -0.25) is 4.90 Å². The summed E-state index contributed by atoms with van der Waals surface area (Å²) in [5.41, 5.74) is 3.18. The molecular formula is C18H18Cl2N4S2. The third kappa shape index (κ3) is 4.84. The number of nitrogens with one attached hydrogen (secondary N) is 1. The minimum atomic E-state index is 0.562. The first-order chi connectivity index (χ1) is 12.4. The molecule has 0 aliphatic carbocycles. The SMILES string of the molecule is Cc1ccc(Nc2nn(CN(C)Cc3cccc(Cl)c3Cl)c(=S)s2)cc1. The van der Waals surface area contributed by atoms with E-state index in [-0.39, 0.29) is 0 Å². The van der Waals surface area contributed by atoms with Crippen molar-refractivity contribution in [3.63, 3.8) is 0 Å². The summed E-state index contributed by atoms with van der Waals surface area (Å²) < 4.78 is 2.51. The summed E-state index contributed by atoms with van der Waals surface area (Å²) in [6.07, 6.45) is 0. The van der Waals surface area contributed by atoms with Crippen LogP contribution in [0.4, 0.5) is 10.8 Å². The second-order valence-electron chi connectivity index (χ2n) is 6.03. The number of rotatable bonds is 6. The highest BCUT2D eigenvalue weighted by molar-refractivity contribution is 7.73. The van der Waals surface area contributed by atoms with Crippen LogP contribution in [-0.4, -0.2) is 21.7 Å². The largest absolute Gasteiger partial charge is 0.330 e. The quantitative estimate of drug-likeness (QED) is 0.482. The third-order valence-corrected chi connectivity index (χ3v) is 5.84. The summed E-state index contributed by atoms with van der Waals surface area (Å²) in [6, 6.07) is 13.8. The summed E-state index contributed by atoms with van der Waals surface area (Å²) >= 11 is 19.2. The number of hydrogen-bond acceptors (Lipinski definition) is 5. The van der Waals surface area contributed by atoms with E-state index in [0.29, 0.717) is 27.2 Å². The predicted molar refractivity (Wildman–Crippen MR) is 113 cm³/mol. The van der Waals surface area contributed by atoms with Gasteiger partial charge in [0.25, 0.3) is 0 Å². The van der Waals surface area contributed by atoms with E-state index in [1.54, 1.807) is 10.7 Å². The van der Waals surface area contributed by atoms with E-state index in [4.69, 9.17) is 35.4 Å². The molecule has 3 rings (SSSR count). The fourth-order valence-electron chi connectivity index (χ4n) is 2.45. The van der Waals surface area contributed by atoms with Crippen LogP contribution < -0.4 is 5.32 Å². The van der Waals surface area contributed by atoms with Crippen molar-refractivity contribution in [3.05, 3.63) is 67.6 Å². The Bertz CT molecular complexity index is 951. The lowest BCUT2D eigenvalue weighted by Gasteiger charge is -2.17. The standard InChI is InChI=1S/C18H18Cl2N4S2/c1-12-6-8-14(9-7-12)21-17-22-24(18(25)26-17)11-23(2)10-13-4-3-5-15(19)16(13)20/h3-9H,10-11H2,1-2H3,(H,21,22). The molecule has 8 heteroatoms. The highest BCUT2D eigenvalue weighted by Crippen LogP contribution is 2.26. The van der Waals surface area contributed by atoms with Gasteiger partial charge < -0.3 is 5.32 Å². The van der Waals surface area contributed by atoms with Crippen molar-refractivity contribution in [2.45, 2.75) is 20.1 Å². The monoisotopic (exact) mass is 424 g/mol. The summed E-state index contributed by atoms with van der Waals surface area (Å²) in [4.78, 5) is 2.09. The molecule has 0 atom stereocenters. The Kier molecular flexibility index (Phi) is 6.32. The first kappa shape index (κ1) is 19.3. The van der Waals surface area contributed by atoms with Crippen molar-refractivity contribution in [2.24, 2.45) is 0 Å². The maximum atomic E-state index is 6.27. The van der Waals surface area contributed by atoms with Gasteiger partial charge in [0.15, 0.2) is 3.95 Å². The van der Waals surface area contributed by atoms with Gasteiger partial charge in [0.1, 0.15) is 0 Å². The smallest absolute Gasteiger partial charge is 0.209 e. The summed E-state index contributed by atoms with van der Waals surface area (Å²) in [5, 5.41) is 9.78. The number of benzene rings is 2. The zero-order valence-electron chi connectivity index (χ0n) is 14.4. The average molecular weight is 425 g/mol. The number of anilines is 2. The summed E-state index contributed by atoms with van der Waals surface area (Å²) in [5.74, 6) is 0. The Morgan fingerprint density at radius 1 is 1.19 bits per heavy atom. The third-order valence-electron chi connectivity index (χ3n) is 3.76. The van der Waals surface area contributed by atoms with E-state index >= 15 is 0 Å². The molecule has 4 nitrogen and oxygen atoms in total. The zero-order valence-corrected chi connectivity index (χ0v) is 17.5. The number of nitrogens with zero attached hydrogens (tertiary/aromatic N) is 3. The molecule has 0 fully saturated rings. The van der Waals surface area contributed by atoms with Crippen molar-refractivity contribution >= 4 is 57.6 Å². The highest BCUT2D eigenvalue weighted by atomic mass is 35.5. The Morgan fingerprint density at radius 3 is 2.65 bits per heavy atom. The Balaban J connectivity index is 1.68. The normalized spacial score (nSPS) is 11.1. The molecule has 0 spiro atoms. The van der Waals surface area contributed by atoms with Crippen LogP contribution in [0.25, 0.3) is 0 Å². The van der Waals surface area contributed by atoms with Crippen LogP contribution >= 0.6 is 46.8 Å². The van der Waals surface area contributed by atoms with Crippen LogP contribution in [0.15, 0.2) is 42.5 Å². The molecule has 0 amide bonds. The number of aromatic nitrogens is 2. The minimum Gasteiger partial charge on any atom is -0.330 e. The lowest BCUT2D eigenvalue weighted by molar-refractivity contribution is 0.246. The van der Waals surface area contributed by atoms with Crippen LogP contribution in [0, 0.1) is 10.9 Å². The Hall–Kier alpha value is -1.44. The molecule has 1 N–H and O–H groups in total. The van der Waals surface area contributed by atoms with Crippen LogP contribution in [0.2, 0.25) is 10.0 Å². The number of hydrogen-bond donors (Lipinski definition) is 1. The van der Waals surface area contributed by atoms with Gasteiger partial charge in [-0.05, 0) is 50.0 Å². The van der Waals surface area contributed by atoms with Gasteiger partial charge in [-0.1, -0.05) is 64.4 Å². The summed E-state index contributed by atoms with van der Waals surface area (Å²) in [7, 11) is 1.99. The van der Waals surface area contributed by atoms with Crippen LogP contribution in [0.5, 0.6) is 0 Å². The molecule has 136 valence electrons. The van der Waals surface area contributed by atoms with Gasteiger partial charge in [-0.15, -0.1) is 5.10 Å². The fraction of sp³-hybridized carbons (Fsp3) is 0.222. The van der Waals surface area contributed by atoms with E-state index in [2.05, 4.69) is 34.4 Å². The van der Waals surface area contributed by atoms with Crippen molar-refractivity contribution in [1.82, 2.24) is 14.7 Å². The molecule has 26 heavy (non-hydrogen) atoms. The van der Waals surface area contributed by atoms with Crippen molar-refractivity contribution < 1.29 is 0 Å². The molecule has 0 saturated carbocycles. The molecule has 0 radical (unpaired) electrons. The number of halogens is 2. The molecular weight excluding hydrogens is 407 g/mol. The Labute approximate surface area is 172 Å². The molecule has 0 bridgehead atoms. The second kappa shape index (κ2) is 8.50. The average Bonchev–Trinajstić information content (AvgIpc) is 2.93. The number of aryl methyl sites for hydroxylation is 1. The fourth-order valence-corrected chi connectivity index (χ4v) is 3.84. The topological polar surface area (TPSA) is 33.1 Å². The van der Waals surface area contributed by atoms with Crippen molar-refractivity contribution in [3.8, 4) is 0 Å². The van der Waals surface area contributed by atoms with Crippen LogP contribution in [0.1, 0.15) is 11.1 Å². The van der Waals surface area contributed by atoms with E-state index in [9.17, 15) is 0 Å². The molecule has 0 aliphatic heterocycles.